The van der Waals surface area contributed by atoms with E-state index in [2.05, 4.69) is 15.3 Å². The van der Waals surface area contributed by atoms with Gasteiger partial charge in [-0.25, -0.2) is 14.8 Å². The first-order valence-corrected chi connectivity index (χ1v) is 9.37. The van der Waals surface area contributed by atoms with Crippen molar-refractivity contribution in [3.8, 4) is 11.8 Å². The third-order valence-electron chi connectivity index (χ3n) is 4.36. The number of halogens is 3. The Labute approximate surface area is 175 Å². The maximum Gasteiger partial charge on any atom is 0.456 e. The largest absolute Gasteiger partial charge is 0.489 e. The number of pyridine rings is 2. The Morgan fingerprint density at radius 3 is 2.71 bits per heavy atom. The predicted molar refractivity (Wildman–Crippen MR) is 104 cm³/mol. The molecule has 0 atom stereocenters. The summed E-state index contributed by atoms with van der Waals surface area (Å²) in [5.74, 6) is -1.76. The number of ketones is 1. The summed E-state index contributed by atoms with van der Waals surface area (Å²) in [7, 11) is 0. The van der Waals surface area contributed by atoms with Crippen LogP contribution < -0.4 is 15.0 Å². The van der Waals surface area contributed by atoms with Crippen molar-refractivity contribution in [2.24, 2.45) is 0 Å². The summed E-state index contributed by atoms with van der Waals surface area (Å²) < 4.78 is 43.9. The fourth-order valence-electron chi connectivity index (χ4n) is 3.03. The monoisotopic (exact) mass is 433 g/mol. The number of aryl methyl sites for hydroxylation is 1. The van der Waals surface area contributed by atoms with Crippen LogP contribution in [0.4, 0.5) is 29.6 Å². The van der Waals surface area contributed by atoms with Gasteiger partial charge in [0, 0.05) is 12.6 Å². The SMILES string of the molecule is CC(C)Oc1cc(NC(=O)N2CCCc3ccc(C(=O)C(F)(F)F)nc32)ncc1C#N. The number of amides is 2. The van der Waals surface area contributed by atoms with E-state index in [0.717, 1.165) is 11.0 Å². The minimum Gasteiger partial charge on any atom is -0.489 e. The number of nitriles is 1. The van der Waals surface area contributed by atoms with Gasteiger partial charge in [0.25, 0.3) is 5.78 Å². The quantitative estimate of drug-likeness (QED) is 0.734. The van der Waals surface area contributed by atoms with Gasteiger partial charge in [0.2, 0.25) is 0 Å². The van der Waals surface area contributed by atoms with Gasteiger partial charge in [-0.3, -0.25) is 15.0 Å². The number of ether oxygens (including phenoxy) is 1. The first-order chi connectivity index (χ1) is 14.6. The molecule has 11 heteroatoms. The van der Waals surface area contributed by atoms with Crippen molar-refractivity contribution < 1.29 is 27.5 Å². The highest BCUT2D eigenvalue weighted by atomic mass is 19.4. The van der Waals surface area contributed by atoms with Crippen molar-refractivity contribution in [1.82, 2.24) is 9.97 Å². The predicted octanol–water partition coefficient (Wildman–Crippen LogP) is 3.87. The zero-order chi connectivity index (χ0) is 22.8. The molecule has 0 aliphatic carbocycles. The molecular weight excluding hydrogens is 415 g/mol. The standard InChI is InChI=1S/C20H18F3N5O3/c1-11(2)31-15-8-16(25-10-13(15)9-24)27-19(30)28-7-3-4-12-5-6-14(26-18(12)28)17(29)20(21,22)23/h5-6,8,10-11H,3-4,7H2,1-2H3,(H,25,27,30). The van der Waals surface area contributed by atoms with Crippen molar-refractivity contribution in [2.75, 3.05) is 16.8 Å². The molecule has 2 aromatic rings. The van der Waals surface area contributed by atoms with Crippen LogP contribution in [0.5, 0.6) is 5.75 Å². The molecular formula is C20H18F3N5O3. The molecule has 0 spiro atoms. The fourth-order valence-corrected chi connectivity index (χ4v) is 3.03. The third kappa shape index (κ3) is 4.91. The molecule has 0 saturated carbocycles. The average molecular weight is 433 g/mol. The Bertz CT molecular complexity index is 1060. The Morgan fingerprint density at radius 1 is 1.32 bits per heavy atom. The Morgan fingerprint density at radius 2 is 2.06 bits per heavy atom. The minimum absolute atomic E-state index is 0.00820. The van der Waals surface area contributed by atoms with Crippen molar-refractivity contribution in [2.45, 2.75) is 39.0 Å². The lowest BCUT2D eigenvalue weighted by Gasteiger charge is -2.28. The maximum atomic E-state index is 12.8. The molecule has 1 N–H and O–H groups in total. The molecule has 0 bridgehead atoms. The lowest BCUT2D eigenvalue weighted by atomic mass is 10.0. The summed E-state index contributed by atoms with van der Waals surface area (Å²) in [5.41, 5.74) is -0.0428. The second-order valence-corrected chi connectivity index (χ2v) is 7.04. The van der Waals surface area contributed by atoms with Crippen molar-refractivity contribution in [3.63, 3.8) is 0 Å². The molecule has 8 nitrogen and oxygen atoms in total. The fraction of sp³-hybridized carbons (Fsp3) is 0.350. The number of fused-ring (bicyclic) bond motifs is 1. The van der Waals surface area contributed by atoms with E-state index in [0.29, 0.717) is 18.4 Å². The first kappa shape index (κ1) is 22.0. The molecule has 2 aromatic heterocycles. The number of Topliss-reactive ketones (excluding diaryl/α,β-unsaturated/α-hetero) is 1. The van der Waals surface area contributed by atoms with E-state index >= 15 is 0 Å². The van der Waals surface area contributed by atoms with E-state index in [-0.39, 0.29) is 35.6 Å². The summed E-state index contributed by atoms with van der Waals surface area (Å²) in [6, 6.07) is 5.03. The van der Waals surface area contributed by atoms with Gasteiger partial charge >= 0.3 is 12.2 Å². The second kappa shape index (κ2) is 8.59. The number of nitrogens with one attached hydrogen (secondary N) is 1. The summed E-state index contributed by atoms with van der Waals surface area (Å²) in [5, 5.41) is 11.7. The second-order valence-electron chi connectivity index (χ2n) is 7.04. The maximum absolute atomic E-state index is 12.8. The summed E-state index contributed by atoms with van der Waals surface area (Å²) in [6.07, 6.45) is -2.97. The lowest BCUT2D eigenvalue weighted by Crippen LogP contribution is -2.40. The van der Waals surface area contributed by atoms with E-state index in [1.165, 1.54) is 18.3 Å². The highest BCUT2D eigenvalue weighted by Crippen LogP contribution is 2.29. The number of carbonyl (C=O) groups is 2. The third-order valence-corrected chi connectivity index (χ3v) is 4.36. The Kier molecular flexibility index (Phi) is 6.10. The van der Waals surface area contributed by atoms with E-state index in [4.69, 9.17) is 10.00 Å². The van der Waals surface area contributed by atoms with Gasteiger partial charge in [-0.1, -0.05) is 6.07 Å². The summed E-state index contributed by atoms with van der Waals surface area (Å²) >= 11 is 0. The van der Waals surface area contributed by atoms with Crippen molar-refractivity contribution in [1.29, 1.82) is 5.26 Å². The van der Waals surface area contributed by atoms with Crippen molar-refractivity contribution >= 4 is 23.5 Å². The lowest BCUT2D eigenvalue weighted by molar-refractivity contribution is -0.0888. The molecule has 0 saturated heterocycles. The Balaban J connectivity index is 1.88. The molecule has 1 aliphatic rings. The van der Waals surface area contributed by atoms with Crippen LogP contribution in [-0.4, -0.2) is 40.6 Å². The molecule has 0 fully saturated rings. The number of hydrogen-bond donors (Lipinski definition) is 1. The number of anilines is 2. The van der Waals surface area contributed by atoms with E-state index in [1.807, 2.05) is 6.07 Å². The van der Waals surface area contributed by atoms with Gasteiger partial charge in [-0.2, -0.15) is 18.4 Å². The molecule has 2 amide bonds. The molecule has 31 heavy (non-hydrogen) atoms. The van der Waals surface area contributed by atoms with Crippen LogP contribution in [0.15, 0.2) is 24.4 Å². The molecule has 3 heterocycles. The van der Waals surface area contributed by atoms with Crippen LogP contribution in [0, 0.1) is 11.3 Å². The van der Waals surface area contributed by atoms with Crippen LogP contribution in [0.1, 0.15) is 41.9 Å². The summed E-state index contributed by atoms with van der Waals surface area (Å²) in [6.45, 7) is 3.74. The number of nitrogens with zero attached hydrogens (tertiary/aromatic N) is 4. The normalized spacial score (nSPS) is 13.4. The van der Waals surface area contributed by atoms with E-state index in [1.54, 1.807) is 13.8 Å². The van der Waals surface area contributed by atoms with Crippen LogP contribution in [0.25, 0.3) is 0 Å². The van der Waals surface area contributed by atoms with E-state index in [9.17, 15) is 22.8 Å². The highest BCUT2D eigenvalue weighted by molar-refractivity contribution is 6.03. The number of aromatic nitrogens is 2. The van der Waals surface area contributed by atoms with Gasteiger partial charge in [-0.15, -0.1) is 0 Å². The molecule has 0 radical (unpaired) electrons. The smallest absolute Gasteiger partial charge is 0.456 e. The topological polar surface area (TPSA) is 108 Å². The van der Waals surface area contributed by atoms with Crippen molar-refractivity contribution in [3.05, 3.63) is 41.2 Å². The zero-order valence-electron chi connectivity index (χ0n) is 16.7. The number of rotatable bonds is 4. The minimum atomic E-state index is -5.07. The molecule has 162 valence electrons. The van der Waals surface area contributed by atoms with Crippen LogP contribution in [0.3, 0.4) is 0 Å². The number of urea groups is 1. The van der Waals surface area contributed by atoms with Gasteiger partial charge in [0.15, 0.2) is 0 Å². The molecule has 0 aromatic carbocycles. The van der Waals surface area contributed by atoms with Gasteiger partial charge < -0.3 is 4.74 Å². The number of carbonyl (C=O) groups excluding carboxylic acids is 2. The van der Waals surface area contributed by atoms with E-state index < -0.39 is 23.7 Å². The zero-order valence-corrected chi connectivity index (χ0v) is 16.7. The van der Waals surface area contributed by atoms with Gasteiger partial charge in [-0.05, 0) is 38.3 Å². The summed E-state index contributed by atoms with van der Waals surface area (Å²) in [4.78, 5) is 33.3. The first-order valence-electron chi connectivity index (χ1n) is 9.37. The number of alkyl halides is 3. The average Bonchev–Trinajstić information content (AvgIpc) is 2.71. The van der Waals surface area contributed by atoms with Crippen LogP contribution in [-0.2, 0) is 6.42 Å². The van der Waals surface area contributed by atoms with Crippen LogP contribution in [0.2, 0.25) is 0 Å². The molecule has 1 aliphatic heterocycles. The molecule has 0 unspecified atom stereocenters. The van der Waals surface area contributed by atoms with Gasteiger partial charge in [0.1, 0.15) is 34.7 Å². The van der Waals surface area contributed by atoms with Crippen LogP contribution >= 0.6 is 0 Å². The molecule has 3 rings (SSSR count). The Hall–Kier alpha value is -3.68. The highest BCUT2D eigenvalue weighted by Gasteiger charge is 2.41. The van der Waals surface area contributed by atoms with Gasteiger partial charge in [0.05, 0.1) is 12.3 Å². The number of hydrogen-bond acceptors (Lipinski definition) is 6.